The SMILES string of the molecule is CC(C)(C)OC(=O)C(C)(NC(Cc1ccccc1)C(=O)O)N(C(C)(C)C)C(C)(C)C. The van der Waals surface area contributed by atoms with Crippen LogP contribution in [0, 0.1) is 0 Å². The molecule has 0 amide bonds. The highest BCUT2D eigenvalue weighted by atomic mass is 16.6. The summed E-state index contributed by atoms with van der Waals surface area (Å²) in [5, 5.41) is 13.1. The van der Waals surface area contributed by atoms with Crippen molar-refractivity contribution in [2.45, 2.75) is 104 Å². The standard InChI is InChI=1S/C24H40N2O4/c1-21(2,3)26(22(4,5)6)24(10,20(29)30-23(7,8)9)25-18(19(27)28)16-17-14-12-11-13-15-17/h11-15,18,25H,16H2,1-10H3,(H,27,28). The first-order valence-corrected chi connectivity index (χ1v) is 10.5. The van der Waals surface area contributed by atoms with Crippen LogP contribution in [0.3, 0.4) is 0 Å². The largest absolute Gasteiger partial charge is 0.480 e. The Morgan fingerprint density at radius 1 is 0.933 bits per heavy atom. The molecule has 0 aromatic heterocycles. The third-order valence-electron chi connectivity index (χ3n) is 4.62. The van der Waals surface area contributed by atoms with Crippen LogP contribution in [0.2, 0.25) is 0 Å². The van der Waals surface area contributed by atoms with Crippen molar-refractivity contribution in [3.63, 3.8) is 0 Å². The molecule has 0 bridgehead atoms. The van der Waals surface area contributed by atoms with Crippen LogP contribution in [0.25, 0.3) is 0 Å². The van der Waals surface area contributed by atoms with Crippen molar-refractivity contribution in [3.8, 4) is 0 Å². The van der Waals surface area contributed by atoms with Crippen LogP contribution in [0.4, 0.5) is 0 Å². The monoisotopic (exact) mass is 420 g/mol. The second kappa shape index (κ2) is 9.06. The molecule has 0 aliphatic rings. The fourth-order valence-corrected chi connectivity index (χ4v) is 4.33. The molecule has 2 N–H and O–H groups in total. The van der Waals surface area contributed by atoms with E-state index >= 15 is 0 Å². The number of carboxylic acids is 1. The van der Waals surface area contributed by atoms with E-state index in [1.807, 2.05) is 97.5 Å². The minimum absolute atomic E-state index is 0.247. The summed E-state index contributed by atoms with van der Waals surface area (Å²) in [6.45, 7) is 19.2. The summed E-state index contributed by atoms with van der Waals surface area (Å²) < 4.78 is 5.77. The van der Waals surface area contributed by atoms with Gasteiger partial charge in [0.05, 0.1) is 0 Å². The molecule has 0 radical (unpaired) electrons. The zero-order valence-electron chi connectivity index (χ0n) is 20.3. The summed E-state index contributed by atoms with van der Waals surface area (Å²) in [5.41, 5.74) is -2.11. The molecule has 0 aliphatic heterocycles. The highest BCUT2D eigenvalue weighted by molar-refractivity contribution is 5.82. The van der Waals surface area contributed by atoms with Gasteiger partial charge >= 0.3 is 11.9 Å². The van der Waals surface area contributed by atoms with E-state index in [-0.39, 0.29) is 6.42 Å². The number of nitrogens with one attached hydrogen (secondary N) is 1. The Balaban J connectivity index is 3.50. The maximum Gasteiger partial charge on any atom is 0.341 e. The van der Waals surface area contributed by atoms with E-state index in [1.165, 1.54) is 0 Å². The van der Waals surface area contributed by atoms with E-state index in [0.717, 1.165) is 5.56 Å². The van der Waals surface area contributed by atoms with Crippen molar-refractivity contribution < 1.29 is 19.4 Å². The molecule has 0 fully saturated rings. The van der Waals surface area contributed by atoms with Gasteiger partial charge < -0.3 is 9.84 Å². The summed E-state index contributed by atoms with van der Waals surface area (Å²) in [5.74, 6) is -1.52. The number of benzene rings is 1. The van der Waals surface area contributed by atoms with E-state index in [4.69, 9.17) is 4.74 Å². The molecule has 1 rings (SSSR count). The van der Waals surface area contributed by atoms with Gasteiger partial charge in [-0.2, -0.15) is 0 Å². The van der Waals surface area contributed by atoms with Crippen molar-refractivity contribution in [2.75, 3.05) is 0 Å². The smallest absolute Gasteiger partial charge is 0.341 e. The van der Waals surface area contributed by atoms with Gasteiger partial charge in [0.25, 0.3) is 0 Å². The maximum absolute atomic E-state index is 13.5. The molecule has 0 aliphatic carbocycles. The summed E-state index contributed by atoms with van der Waals surface area (Å²) in [4.78, 5) is 27.7. The van der Waals surface area contributed by atoms with Crippen LogP contribution in [-0.2, 0) is 20.7 Å². The number of carbonyl (C=O) groups excluding carboxylic acids is 1. The van der Waals surface area contributed by atoms with E-state index in [9.17, 15) is 14.7 Å². The Kier molecular flexibility index (Phi) is 7.89. The van der Waals surface area contributed by atoms with Gasteiger partial charge in [0.1, 0.15) is 11.6 Å². The number of hydrogen-bond donors (Lipinski definition) is 2. The topological polar surface area (TPSA) is 78.9 Å². The van der Waals surface area contributed by atoms with Gasteiger partial charge in [0.2, 0.25) is 0 Å². The zero-order valence-corrected chi connectivity index (χ0v) is 20.3. The van der Waals surface area contributed by atoms with Crippen molar-refractivity contribution >= 4 is 11.9 Å². The number of carboxylic acid groups (broad SMARTS) is 1. The van der Waals surface area contributed by atoms with Gasteiger partial charge in [0, 0.05) is 11.1 Å². The number of aliphatic carboxylic acids is 1. The van der Waals surface area contributed by atoms with Crippen LogP contribution in [0.1, 0.15) is 74.8 Å². The molecular weight excluding hydrogens is 380 g/mol. The molecule has 0 heterocycles. The lowest BCUT2D eigenvalue weighted by molar-refractivity contribution is -0.185. The summed E-state index contributed by atoms with van der Waals surface area (Å²) >= 11 is 0. The van der Waals surface area contributed by atoms with E-state index in [2.05, 4.69) is 5.32 Å². The molecule has 0 saturated carbocycles. The number of nitrogens with zero attached hydrogens (tertiary/aromatic N) is 1. The lowest BCUT2D eigenvalue weighted by atomic mass is 9.89. The third-order valence-corrected chi connectivity index (χ3v) is 4.62. The van der Waals surface area contributed by atoms with Gasteiger partial charge in [-0.15, -0.1) is 0 Å². The van der Waals surface area contributed by atoms with Gasteiger partial charge in [-0.1, -0.05) is 30.3 Å². The molecular formula is C24H40N2O4. The molecule has 170 valence electrons. The van der Waals surface area contributed by atoms with E-state index in [1.54, 1.807) is 6.92 Å². The van der Waals surface area contributed by atoms with E-state index in [0.29, 0.717) is 0 Å². The number of ether oxygens (including phenoxy) is 1. The average Bonchev–Trinajstić information content (AvgIpc) is 2.50. The number of hydrogen-bond acceptors (Lipinski definition) is 5. The molecule has 6 heteroatoms. The Labute approximate surface area is 182 Å². The molecule has 1 aromatic rings. The molecule has 1 aromatic carbocycles. The summed E-state index contributed by atoms with van der Waals surface area (Å²) in [7, 11) is 0. The quantitative estimate of drug-likeness (QED) is 0.508. The number of carbonyl (C=O) groups is 2. The molecule has 0 saturated heterocycles. The van der Waals surface area contributed by atoms with Gasteiger partial charge in [-0.25, -0.2) is 4.79 Å². The lowest BCUT2D eigenvalue weighted by Gasteiger charge is -2.55. The van der Waals surface area contributed by atoms with Crippen molar-refractivity contribution in [1.82, 2.24) is 10.2 Å². The minimum Gasteiger partial charge on any atom is -0.480 e. The predicted octanol–water partition coefficient (Wildman–Crippen LogP) is 4.23. The van der Waals surface area contributed by atoms with Crippen LogP contribution in [-0.4, -0.2) is 50.3 Å². The minimum atomic E-state index is -1.37. The molecule has 0 spiro atoms. The van der Waals surface area contributed by atoms with Crippen molar-refractivity contribution in [2.24, 2.45) is 0 Å². The molecule has 6 nitrogen and oxygen atoms in total. The van der Waals surface area contributed by atoms with Crippen LogP contribution >= 0.6 is 0 Å². The Morgan fingerprint density at radius 2 is 1.40 bits per heavy atom. The Bertz CT molecular complexity index is 712. The van der Waals surface area contributed by atoms with Crippen LogP contribution in [0.15, 0.2) is 30.3 Å². The number of rotatable bonds is 7. The second-order valence-corrected chi connectivity index (χ2v) is 11.0. The fourth-order valence-electron chi connectivity index (χ4n) is 4.33. The first kappa shape index (κ1) is 26.1. The maximum atomic E-state index is 13.5. The van der Waals surface area contributed by atoms with Gasteiger partial charge in [0.15, 0.2) is 5.66 Å². The predicted molar refractivity (Wildman–Crippen MR) is 120 cm³/mol. The molecule has 2 unspecified atom stereocenters. The van der Waals surface area contributed by atoms with Crippen molar-refractivity contribution in [3.05, 3.63) is 35.9 Å². The highest BCUT2D eigenvalue weighted by Crippen LogP contribution is 2.34. The second-order valence-electron chi connectivity index (χ2n) is 11.0. The molecule has 30 heavy (non-hydrogen) atoms. The highest BCUT2D eigenvalue weighted by Gasteiger charge is 2.52. The molecule has 2 atom stereocenters. The van der Waals surface area contributed by atoms with Crippen LogP contribution < -0.4 is 5.32 Å². The van der Waals surface area contributed by atoms with Gasteiger partial charge in [-0.3, -0.25) is 15.0 Å². The van der Waals surface area contributed by atoms with E-state index < -0.39 is 40.3 Å². The number of esters is 1. The zero-order chi connectivity index (χ0) is 23.5. The van der Waals surface area contributed by atoms with Crippen LogP contribution in [0.5, 0.6) is 0 Å². The third kappa shape index (κ3) is 7.10. The first-order valence-electron chi connectivity index (χ1n) is 10.5. The Hall–Kier alpha value is -1.92. The fraction of sp³-hybridized carbons (Fsp3) is 0.667. The Morgan fingerprint density at radius 3 is 1.77 bits per heavy atom. The first-order chi connectivity index (χ1) is 13.4. The average molecular weight is 421 g/mol. The normalized spacial score (nSPS) is 16.1. The van der Waals surface area contributed by atoms with Gasteiger partial charge in [-0.05, 0) is 81.2 Å². The summed E-state index contributed by atoms with van der Waals surface area (Å²) in [6, 6.07) is 8.42. The van der Waals surface area contributed by atoms with Crippen molar-refractivity contribution in [1.29, 1.82) is 0 Å². The lowest BCUT2D eigenvalue weighted by Crippen LogP contribution is -2.74. The summed E-state index contributed by atoms with van der Waals surface area (Å²) in [6.07, 6.45) is 0.247.